The minimum Gasteiger partial charge on any atom is -0.454 e. The van der Waals surface area contributed by atoms with Gasteiger partial charge >= 0.3 is 0 Å². The molecule has 0 bridgehead atoms. The number of hydrogen-bond donors (Lipinski definition) is 2. The summed E-state index contributed by atoms with van der Waals surface area (Å²) in [5, 5.41) is 13.3. The van der Waals surface area contributed by atoms with Crippen molar-refractivity contribution in [3.63, 3.8) is 0 Å². The monoisotopic (exact) mass is 419 g/mol. The van der Waals surface area contributed by atoms with Crippen molar-refractivity contribution in [2.75, 3.05) is 19.9 Å². The van der Waals surface area contributed by atoms with E-state index in [0.29, 0.717) is 11.5 Å². The summed E-state index contributed by atoms with van der Waals surface area (Å²) in [5.41, 5.74) is 0.422. The molecular formula is C18H17N3O7S. The smallest absolute Gasteiger partial charge is 0.270 e. The molecule has 0 unspecified atom stereocenters. The lowest BCUT2D eigenvalue weighted by molar-refractivity contribution is -0.385. The maximum Gasteiger partial charge on any atom is 0.270 e. The maximum atomic E-state index is 12.2. The van der Waals surface area contributed by atoms with Crippen LogP contribution < -0.4 is 19.5 Å². The number of benzene rings is 2. The number of nitro benzene ring substituents is 1. The van der Waals surface area contributed by atoms with Gasteiger partial charge in [-0.15, -0.1) is 0 Å². The highest BCUT2D eigenvalue weighted by molar-refractivity contribution is 7.89. The highest BCUT2D eigenvalue weighted by atomic mass is 32.2. The molecule has 3 rings (SSSR count). The zero-order chi connectivity index (χ0) is 20.9. The van der Waals surface area contributed by atoms with Gasteiger partial charge < -0.3 is 14.8 Å². The van der Waals surface area contributed by atoms with E-state index >= 15 is 0 Å². The van der Waals surface area contributed by atoms with Crippen LogP contribution in [0, 0.1) is 10.1 Å². The third-order valence-electron chi connectivity index (χ3n) is 3.88. The fraction of sp³-hybridized carbons (Fsp3) is 0.167. The zero-order valence-corrected chi connectivity index (χ0v) is 15.8. The van der Waals surface area contributed by atoms with Gasteiger partial charge in [0.2, 0.25) is 22.7 Å². The first-order valence-corrected chi connectivity index (χ1v) is 9.93. The van der Waals surface area contributed by atoms with E-state index in [0.717, 1.165) is 11.6 Å². The van der Waals surface area contributed by atoms with Crippen LogP contribution in [0.4, 0.5) is 5.69 Å². The Labute approximate surface area is 166 Å². The summed E-state index contributed by atoms with van der Waals surface area (Å²) in [4.78, 5) is 21.7. The lowest BCUT2D eigenvalue weighted by Gasteiger charge is -2.07. The molecule has 2 N–H and O–H groups in total. The Bertz CT molecular complexity index is 1070. The fourth-order valence-electron chi connectivity index (χ4n) is 2.47. The number of sulfonamides is 1. The van der Waals surface area contributed by atoms with Crippen LogP contribution in [0.3, 0.4) is 0 Å². The van der Waals surface area contributed by atoms with Gasteiger partial charge in [-0.3, -0.25) is 14.9 Å². The standard InChI is InChI=1S/C18H17N3O7S/c22-18(7-5-13-4-6-16-17(10-13)28-12-27-16)19-8-9-20-29(25,26)15-3-1-2-14(11-15)21(23)24/h1-7,10-11,20H,8-9,12H2,(H,19,22)/b7-5+. The van der Waals surface area contributed by atoms with Gasteiger partial charge in [0, 0.05) is 31.3 Å². The first-order chi connectivity index (χ1) is 13.8. The van der Waals surface area contributed by atoms with Gasteiger partial charge in [-0.1, -0.05) is 12.1 Å². The fourth-order valence-corrected chi connectivity index (χ4v) is 3.54. The molecule has 152 valence electrons. The van der Waals surface area contributed by atoms with Crippen LogP contribution in [0.15, 0.2) is 53.4 Å². The highest BCUT2D eigenvalue weighted by Gasteiger charge is 2.17. The van der Waals surface area contributed by atoms with Gasteiger partial charge in [-0.25, -0.2) is 13.1 Å². The molecule has 0 spiro atoms. The number of ether oxygens (including phenoxy) is 2. The Morgan fingerprint density at radius 2 is 1.93 bits per heavy atom. The summed E-state index contributed by atoms with van der Waals surface area (Å²) < 4.78 is 37.1. The number of non-ortho nitro benzene ring substituents is 1. The number of rotatable bonds is 8. The number of nitro groups is 1. The summed E-state index contributed by atoms with van der Waals surface area (Å²) >= 11 is 0. The number of fused-ring (bicyclic) bond motifs is 1. The lowest BCUT2D eigenvalue weighted by Crippen LogP contribution is -2.34. The summed E-state index contributed by atoms with van der Waals surface area (Å²) in [5.74, 6) is 0.836. The highest BCUT2D eigenvalue weighted by Crippen LogP contribution is 2.32. The topological polar surface area (TPSA) is 137 Å². The molecule has 1 aliphatic heterocycles. The lowest BCUT2D eigenvalue weighted by atomic mass is 10.2. The molecule has 0 atom stereocenters. The molecule has 0 radical (unpaired) electrons. The predicted octanol–water partition coefficient (Wildman–Crippen LogP) is 1.43. The quantitative estimate of drug-likeness (QED) is 0.286. The van der Waals surface area contributed by atoms with E-state index in [2.05, 4.69) is 10.0 Å². The van der Waals surface area contributed by atoms with Crippen LogP contribution in [0.5, 0.6) is 11.5 Å². The molecule has 0 aromatic heterocycles. The number of nitrogens with zero attached hydrogens (tertiary/aromatic N) is 1. The van der Waals surface area contributed by atoms with Crippen LogP contribution in [0.2, 0.25) is 0 Å². The van der Waals surface area contributed by atoms with Crippen LogP contribution in [0.1, 0.15) is 5.56 Å². The number of hydrogen-bond acceptors (Lipinski definition) is 7. The maximum absolute atomic E-state index is 12.2. The van der Waals surface area contributed by atoms with Crippen molar-refractivity contribution in [1.29, 1.82) is 0 Å². The van der Waals surface area contributed by atoms with Crippen molar-refractivity contribution < 1.29 is 27.6 Å². The Kier molecular flexibility index (Phi) is 6.10. The van der Waals surface area contributed by atoms with E-state index < -0.39 is 20.9 Å². The predicted molar refractivity (Wildman–Crippen MR) is 103 cm³/mol. The molecule has 0 saturated carbocycles. The number of carbonyl (C=O) groups is 1. The normalized spacial score (nSPS) is 12.8. The second-order valence-electron chi connectivity index (χ2n) is 5.89. The van der Waals surface area contributed by atoms with Gasteiger partial charge in [0.15, 0.2) is 11.5 Å². The van der Waals surface area contributed by atoms with Gasteiger partial charge in [0.25, 0.3) is 5.69 Å². The Hall–Kier alpha value is -3.44. The molecule has 1 heterocycles. The van der Waals surface area contributed by atoms with Crippen molar-refractivity contribution in [2.24, 2.45) is 0 Å². The van der Waals surface area contributed by atoms with Gasteiger partial charge in [0.05, 0.1) is 9.82 Å². The van der Waals surface area contributed by atoms with Crippen molar-refractivity contribution in [1.82, 2.24) is 10.0 Å². The van der Waals surface area contributed by atoms with E-state index in [1.165, 1.54) is 24.3 Å². The van der Waals surface area contributed by atoms with Gasteiger partial charge in [0.1, 0.15) is 0 Å². The van der Waals surface area contributed by atoms with Crippen molar-refractivity contribution in [2.45, 2.75) is 4.90 Å². The van der Waals surface area contributed by atoms with E-state index in [1.807, 2.05) is 0 Å². The summed E-state index contributed by atoms with van der Waals surface area (Å²) in [6, 6.07) is 9.95. The molecule has 1 aliphatic rings. The molecule has 2 aromatic carbocycles. The Balaban J connectivity index is 1.47. The van der Waals surface area contributed by atoms with E-state index in [-0.39, 0.29) is 30.5 Å². The largest absolute Gasteiger partial charge is 0.454 e. The molecular weight excluding hydrogens is 402 g/mol. The molecule has 29 heavy (non-hydrogen) atoms. The zero-order valence-electron chi connectivity index (χ0n) is 15.0. The van der Waals surface area contributed by atoms with Crippen molar-refractivity contribution in [3.8, 4) is 11.5 Å². The van der Waals surface area contributed by atoms with Gasteiger partial charge in [-0.2, -0.15) is 0 Å². The molecule has 11 heteroatoms. The van der Waals surface area contributed by atoms with Crippen LogP contribution in [-0.4, -0.2) is 39.1 Å². The van der Waals surface area contributed by atoms with E-state index in [9.17, 15) is 23.3 Å². The first-order valence-electron chi connectivity index (χ1n) is 8.45. The third kappa shape index (κ3) is 5.30. The minimum absolute atomic E-state index is 0.0401. The first kappa shape index (κ1) is 20.3. The average molecular weight is 419 g/mol. The molecule has 0 fully saturated rings. The average Bonchev–Trinajstić information content (AvgIpc) is 3.17. The van der Waals surface area contributed by atoms with Gasteiger partial charge in [-0.05, 0) is 29.8 Å². The summed E-state index contributed by atoms with van der Waals surface area (Å²) in [7, 11) is -3.92. The molecule has 0 saturated heterocycles. The summed E-state index contributed by atoms with van der Waals surface area (Å²) in [6.07, 6.45) is 2.90. The summed E-state index contributed by atoms with van der Waals surface area (Å²) in [6.45, 7) is 0.127. The third-order valence-corrected chi connectivity index (χ3v) is 5.34. The second kappa shape index (κ2) is 8.71. The van der Waals surface area contributed by atoms with Crippen LogP contribution in [-0.2, 0) is 14.8 Å². The molecule has 0 aliphatic carbocycles. The van der Waals surface area contributed by atoms with Crippen LogP contribution >= 0.6 is 0 Å². The van der Waals surface area contributed by atoms with E-state index in [1.54, 1.807) is 24.3 Å². The molecule has 10 nitrogen and oxygen atoms in total. The van der Waals surface area contributed by atoms with Crippen molar-refractivity contribution >= 4 is 27.7 Å². The van der Waals surface area contributed by atoms with Crippen LogP contribution in [0.25, 0.3) is 6.08 Å². The number of nitrogens with one attached hydrogen (secondary N) is 2. The second-order valence-corrected chi connectivity index (χ2v) is 7.66. The molecule has 1 amide bonds. The Morgan fingerprint density at radius 1 is 1.14 bits per heavy atom. The number of amides is 1. The van der Waals surface area contributed by atoms with Crippen molar-refractivity contribution in [3.05, 3.63) is 64.2 Å². The minimum atomic E-state index is -3.92. The number of carbonyl (C=O) groups excluding carboxylic acids is 1. The van der Waals surface area contributed by atoms with E-state index in [4.69, 9.17) is 9.47 Å². The Morgan fingerprint density at radius 3 is 2.72 bits per heavy atom. The SMILES string of the molecule is O=C(/C=C/c1ccc2c(c1)OCO2)NCCNS(=O)(=O)c1cccc([N+](=O)[O-])c1. The molecule has 2 aromatic rings.